The number of hydrogen-bond acceptors (Lipinski definition) is 3. The van der Waals surface area contributed by atoms with E-state index in [2.05, 4.69) is 29.6 Å². The summed E-state index contributed by atoms with van der Waals surface area (Å²) < 4.78 is 23.2. The molecule has 1 aromatic carbocycles. The highest BCUT2D eigenvalue weighted by Gasteiger charge is 2.51. The monoisotopic (exact) mass is 361 g/mol. The Balaban J connectivity index is 1.43. The number of rotatable bonds is 4. The Morgan fingerprint density at radius 2 is 1.76 bits per heavy atom. The Labute approximate surface area is 150 Å². The number of nitrogens with one attached hydrogen (secondary N) is 1. The van der Waals surface area contributed by atoms with Crippen molar-refractivity contribution in [1.29, 1.82) is 0 Å². The number of benzene rings is 1. The molecule has 2 saturated carbocycles. The molecule has 4 nitrogen and oxygen atoms in total. The molecule has 0 spiro atoms. The average molecular weight is 362 g/mol. The van der Waals surface area contributed by atoms with Crippen molar-refractivity contribution in [3.05, 3.63) is 35.9 Å². The van der Waals surface area contributed by atoms with Gasteiger partial charge in [0.1, 0.15) is 0 Å². The Morgan fingerprint density at radius 3 is 2.44 bits per heavy atom. The third kappa shape index (κ3) is 3.48. The first-order valence-electron chi connectivity index (χ1n) is 9.58. The van der Waals surface area contributed by atoms with E-state index in [1.165, 1.54) is 31.2 Å². The SMILES string of the molecule is O=C(C[C@@H]1CCS(=O)(=O)C1)N[C@H]1[C@H]2CCCC[C@@H]2[C@@H]1c1ccccc1. The molecule has 1 aliphatic heterocycles. The van der Waals surface area contributed by atoms with E-state index in [4.69, 9.17) is 0 Å². The maximum absolute atomic E-state index is 12.6. The van der Waals surface area contributed by atoms with Gasteiger partial charge in [-0.2, -0.15) is 0 Å². The molecule has 1 amide bonds. The minimum Gasteiger partial charge on any atom is -0.352 e. The maximum atomic E-state index is 12.6. The summed E-state index contributed by atoms with van der Waals surface area (Å²) in [5, 5.41) is 3.28. The van der Waals surface area contributed by atoms with Crippen LogP contribution in [0, 0.1) is 17.8 Å². The largest absolute Gasteiger partial charge is 0.352 e. The van der Waals surface area contributed by atoms with E-state index in [0.717, 1.165) is 0 Å². The third-order valence-electron chi connectivity index (χ3n) is 6.50. The molecule has 2 aliphatic carbocycles. The van der Waals surface area contributed by atoms with Gasteiger partial charge in [0.2, 0.25) is 5.91 Å². The Bertz CT molecular complexity index is 731. The molecule has 1 aromatic rings. The predicted octanol–water partition coefficient (Wildman–Crippen LogP) is 2.90. The summed E-state index contributed by atoms with van der Waals surface area (Å²) in [6, 6.07) is 10.8. The van der Waals surface area contributed by atoms with Crippen LogP contribution in [0.15, 0.2) is 30.3 Å². The Morgan fingerprint density at radius 1 is 1.04 bits per heavy atom. The number of carbonyl (C=O) groups is 1. The second-order valence-electron chi connectivity index (χ2n) is 8.12. The van der Waals surface area contributed by atoms with Gasteiger partial charge in [-0.05, 0) is 42.6 Å². The van der Waals surface area contributed by atoms with Gasteiger partial charge in [0.05, 0.1) is 11.5 Å². The zero-order valence-corrected chi connectivity index (χ0v) is 15.4. The van der Waals surface area contributed by atoms with Gasteiger partial charge in [-0.3, -0.25) is 4.79 Å². The molecule has 0 aromatic heterocycles. The van der Waals surface area contributed by atoms with Crippen molar-refractivity contribution in [1.82, 2.24) is 5.32 Å². The van der Waals surface area contributed by atoms with Crippen molar-refractivity contribution >= 4 is 15.7 Å². The lowest BCUT2D eigenvalue weighted by atomic mass is 9.53. The van der Waals surface area contributed by atoms with E-state index < -0.39 is 9.84 Å². The first-order chi connectivity index (χ1) is 12.0. The van der Waals surface area contributed by atoms with E-state index in [1.807, 2.05) is 6.07 Å². The molecule has 1 heterocycles. The van der Waals surface area contributed by atoms with Crippen LogP contribution in [0.5, 0.6) is 0 Å². The summed E-state index contributed by atoms with van der Waals surface area (Å²) in [6.45, 7) is 0. The van der Waals surface area contributed by atoms with Crippen LogP contribution in [0.2, 0.25) is 0 Å². The number of sulfone groups is 1. The second-order valence-corrected chi connectivity index (χ2v) is 10.3. The first-order valence-corrected chi connectivity index (χ1v) is 11.4. The van der Waals surface area contributed by atoms with Gasteiger partial charge in [0.15, 0.2) is 9.84 Å². The van der Waals surface area contributed by atoms with E-state index >= 15 is 0 Å². The molecule has 0 bridgehead atoms. The zero-order valence-electron chi connectivity index (χ0n) is 14.6. The predicted molar refractivity (Wildman–Crippen MR) is 97.9 cm³/mol. The fraction of sp³-hybridized carbons (Fsp3) is 0.650. The minimum absolute atomic E-state index is 0.00223. The van der Waals surface area contributed by atoms with E-state index in [9.17, 15) is 13.2 Å². The summed E-state index contributed by atoms with van der Waals surface area (Å²) in [6.07, 6.45) is 6.01. The topological polar surface area (TPSA) is 63.2 Å². The fourth-order valence-corrected chi connectivity index (χ4v) is 7.20. The van der Waals surface area contributed by atoms with Crippen molar-refractivity contribution < 1.29 is 13.2 Å². The van der Waals surface area contributed by atoms with Gasteiger partial charge in [0.25, 0.3) is 0 Å². The highest BCUT2D eigenvalue weighted by molar-refractivity contribution is 7.91. The van der Waals surface area contributed by atoms with Gasteiger partial charge in [-0.1, -0.05) is 43.2 Å². The molecule has 0 unspecified atom stereocenters. The van der Waals surface area contributed by atoms with Crippen molar-refractivity contribution in [2.24, 2.45) is 17.8 Å². The molecule has 1 N–H and O–H groups in total. The van der Waals surface area contributed by atoms with Crippen LogP contribution in [0.4, 0.5) is 0 Å². The van der Waals surface area contributed by atoms with Crippen molar-refractivity contribution in [3.63, 3.8) is 0 Å². The van der Waals surface area contributed by atoms with Crippen molar-refractivity contribution in [2.45, 2.75) is 50.5 Å². The van der Waals surface area contributed by atoms with Crippen LogP contribution in [-0.4, -0.2) is 31.9 Å². The summed E-state index contributed by atoms with van der Waals surface area (Å²) >= 11 is 0. The van der Waals surface area contributed by atoms with Crippen LogP contribution in [0.1, 0.15) is 50.0 Å². The Hall–Kier alpha value is -1.36. The number of carbonyl (C=O) groups excluding carboxylic acids is 1. The number of fused-ring (bicyclic) bond motifs is 1. The molecule has 136 valence electrons. The van der Waals surface area contributed by atoms with Gasteiger partial charge < -0.3 is 5.32 Å². The molecule has 25 heavy (non-hydrogen) atoms. The molecular weight excluding hydrogens is 334 g/mol. The highest BCUT2D eigenvalue weighted by atomic mass is 32.2. The summed E-state index contributed by atoms with van der Waals surface area (Å²) in [7, 11) is -2.91. The lowest BCUT2D eigenvalue weighted by Crippen LogP contribution is -2.59. The minimum atomic E-state index is -2.91. The fourth-order valence-electron chi connectivity index (χ4n) is 5.33. The maximum Gasteiger partial charge on any atom is 0.220 e. The van der Waals surface area contributed by atoms with Crippen LogP contribution in [-0.2, 0) is 14.6 Å². The van der Waals surface area contributed by atoms with E-state index in [0.29, 0.717) is 30.6 Å². The number of amides is 1. The second kappa shape index (κ2) is 6.75. The summed E-state index contributed by atoms with van der Waals surface area (Å²) in [5.74, 6) is 2.16. The third-order valence-corrected chi connectivity index (χ3v) is 8.33. The molecule has 4 rings (SSSR count). The molecule has 0 radical (unpaired) electrons. The standard InChI is InChI=1S/C20H27NO3S/c22-18(12-14-10-11-25(23,24)13-14)21-20-17-9-5-4-8-16(17)19(20)15-6-2-1-3-7-15/h1-3,6-7,14,16-17,19-20H,4-5,8-13H2,(H,21,22)/t14-,16-,17-,19-,20-/m0/s1. The van der Waals surface area contributed by atoms with Gasteiger partial charge in [-0.25, -0.2) is 8.42 Å². The number of hydrogen-bond donors (Lipinski definition) is 1. The first kappa shape index (κ1) is 17.1. The van der Waals surface area contributed by atoms with Crippen LogP contribution >= 0.6 is 0 Å². The van der Waals surface area contributed by atoms with Crippen LogP contribution in [0.25, 0.3) is 0 Å². The molecule has 3 fully saturated rings. The molecule has 5 atom stereocenters. The van der Waals surface area contributed by atoms with Gasteiger partial charge >= 0.3 is 0 Å². The molecule has 1 saturated heterocycles. The highest BCUT2D eigenvalue weighted by Crippen LogP contribution is 2.54. The smallest absolute Gasteiger partial charge is 0.220 e. The normalized spacial score (nSPS) is 36.2. The van der Waals surface area contributed by atoms with Crippen molar-refractivity contribution in [3.8, 4) is 0 Å². The lowest BCUT2D eigenvalue weighted by Gasteiger charge is -2.55. The molecule has 5 heteroatoms. The van der Waals surface area contributed by atoms with Crippen LogP contribution in [0.3, 0.4) is 0 Å². The average Bonchev–Trinajstić information content (AvgIpc) is 2.92. The lowest BCUT2D eigenvalue weighted by molar-refractivity contribution is -0.125. The van der Waals surface area contributed by atoms with Crippen LogP contribution < -0.4 is 5.32 Å². The summed E-state index contributed by atoms with van der Waals surface area (Å²) in [4.78, 5) is 12.6. The Kier molecular flexibility index (Phi) is 4.61. The van der Waals surface area contributed by atoms with E-state index in [-0.39, 0.29) is 29.4 Å². The quantitative estimate of drug-likeness (QED) is 0.897. The van der Waals surface area contributed by atoms with Crippen molar-refractivity contribution in [2.75, 3.05) is 11.5 Å². The molecule has 3 aliphatic rings. The van der Waals surface area contributed by atoms with Gasteiger partial charge in [0, 0.05) is 18.4 Å². The zero-order chi connectivity index (χ0) is 17.4. The molecular formula is C20H27NO3S. The van der Waals surface area contributed by atoms with Gasteiger partial charge in [-0.15, -0.1) is 0 Å². The summed E-state index contributed by atoms with van der Waals surface area (Å²) in [5.41, 5.74) is 1.33. The van der Waals surface area contributed by atoms with E-state index in [1.54, 1.807) is 0 Å².